The van der Waals surface area contributed by atoms with Gasteiger partial charge in [0, 0.05) is 18.3 Å². The van der Waals surface area contributed by atoms with Crippen molar-refractivity contribution in [3.8, 4) is 0 Å². The van der Waals surface area contributed by atoms with Crippen molar-refractivity contribution in [2.75, 3.05) is 0 Å². The number of aromatic nitrogens is 1. The monoisotopic (exact) mass is 183 g/mol. The van der Waals surface area contributed by atoms with E-state index >= 15 is 0 Å². The van der Waals surface area contributed by atoms with Crippen molar-refractivity contribution in [1.29, 1.82) is 0 Å². The Balaban J connectivity index is 2.08. The molecule has 2 rings (SSSR count). The number of rotatable bonds is 2. The largest absolute Gasteiger partial charge is 0.389 e. The molecule has 0 aromatic carbocycles. The molecule has 2 nitrogen and oxygen atoms in total. The average molecular weight is 184 g/mol. The third-order valence-electron chi connectivity index (χ3n) is 2.13. The molecule has 0 saturated heterocycles. The highest BCUT2D eigenvalue weighted by molar-refractivity contribution is 6.30. The fraction of sp³-hybridized carbons (Fsp3) is 0.444. The van der Waals surface area contributed by atoms with Crippen molar-refractivity contribution < 1.29 is 5.11 Å². The Morgan fingerprint density at radius 2 is 2.25 bits per heavy atom. The molecule has 1 heterocycles. The number of nitrogens with zero attached hydrogens (tertiary/aromatic N) is 1. The molecule has 0 amide bonds. The van der Waals surface area contributed by atoms with Gasteiger partial charge in [-0.15, -0.1) is 0 Å². The summed E-state index contributed by atoms with van der Waals surface area (Å²) in [5, 5.41) is 10.2. The summed E-state index contributed by atoms with van der Waals surface area (Å²) in [4.78, 5) is 4.11. The van der Waals surface area contributed by atoms with E-state index in [9.17, 15) is 5.11 Å². The van der Waals surface area contributed by atoms with Crippen LogP contribution in [0.15, 0.2) is 18.3 Å². The van der Waals surface area contributed by atoms with Gasteiger partial charge in [0.2, 0.25) is 0 Å². The van der Waals surface area contributed by atoms with Gasteiger partial charge in [0.1, 0.15) is 0 Å². The molecule has 1 saturated carbocycles. The normalized spacial score (nSPS) is 19.2. The lowest BCUT2D eigenvalue weighted by Gasteiger charge is -2.05. The second-order valence-electron chi connectivity index (χ2n) is 3.37. The predicted octanol–water partition coefficient (Wildman–Crippen LogP) is 1.80. The summed E-state index contributed by atoms with van der Waals surface area (Å²) >= 11 is 5.67. The van der Waals surface area contributed by atoms with Gasteiger partial charge in [-0.1, -0.05) is 11.6 Å². The summed E-state index contributed by atoms with van der Waals surface area (Å²) in [6.07, 6.45) is 4.07. The maximum atomic E-state index is 9.58. The summed E-state index contributed by atoms with van der Waals surface area (Å²) < 4.78 is 0. The van der Waals surface area contributed by atoms with E-state index in [1.807, 2.05) is 6.07 Å². The third kappa shape index (κ3) is 1.76. The molecule has 0 unspecified atom stereocenters. The van der Waals surface area contributed by atoms with Gasteiger partial charge in [-0.2, -0.15) is 0 Å². The molecule has 64 valence electrons. The molecule has 1 aliphatic carbocycles. The standard InChI is InChI=1S/C9H10ClNO/c10-7-1-2-8(11-6-7)5-9(12)3-4-9/h1-2,6,12H,3-5H2. The molecule has 0 radical (unpaired) electrons. The maximum absolute atomic E-state index is 9.58. The van der Waals surface area contributed by atoms with Crippen LogP contribution in [-0.4, -0.2) is 15.7 Å². The van der Waals surface area contributed by atoms with Crippen molar-refractivity contribution in [2.24, 2.45) is 0 Å². The van der Waals surface area contributed by atoms with Crippen LogP contribution in [0.5, 0.6) is 0 Å². The fourth-order valence-corrected chi connectivity index (χ4v) is 1.28. The van der Waals surface area contributed by atoms with Crippen LogP contribution in [-0.2, 0) is 6.42 Å². The lowest BCUT2D eigenvalue weighted by atomic mass is 10.1. The van der Waals surface area contributed by atoms with Gasteiger partial charge in [-0.3, -0.25) is 4.98 Å². The zero-order valence-corrected chi connectivity index (χ0v) is 7.38. The van der Waals surface area contributed by atoms with Crippen molar-refractivity contribution in [2.45, 2.75) is 24.9 Å². The Hall–Kier alpha value is -0.600. The smallest absolute Gasteiger partial charge is 0.0705 e. The Bertz CT molecular complexity index is 279. The summed E-state index contributed by atoms with van der Waals surface area (Å²) in [7, 11) is 0. The topological polar surface area (TPSA) is 33.1 Å². The van der Waals surface area contributed by atoms with Gasteiger partial charge in [-0.05, 0) is 25.0 Å². The highest BCUT2D eigenvalue weighted by atomic mass is 35.5. The first kappa shape index (κ1) is 8.02. The minimum atomic E-state index is -0.458. The highest BCUT2D eigenvalue weighted by Crippen LogP contribution is 2.37. The molecular formula is C9H10ClNO. The number of aliphatic hydroxyl groups is 1. The number of pyridine rings is 1. The molecule has 1 aromatic heterocycles. The van der Waals surface area contributed by atoms with Crippen molar-refractivity contribution in [3.05, 3.63) is 29.0 Å². The summed E-state index contributed by atoms with van der Waals surface area (Å²) in [6.45, 7) is 0. The Morgan fingerprint density at radius 3 is 2.75 bits per heavy atom. The van der Waals surface area contributed by atoms with Crippen LogP contribution in [0.25, 0.3) is 0 Å². The molecule has 12 heavy (non-hydrogen) atoms. The van der Waals surface area contributed by atoms with Crippen LogP contribution in [0, 0.1) is 0 Å². The van der Waals surface area contributed by atoms with E-state index in [0.717, 1.165) is 18.5 Å². The van der Waals surface area contributed by atoms with E-state index in [1.165, 1.54) is 0 Å². The van der Waals surface area contributed by atoms with Gasteiger partial charge < -0.3 is 5.11 Å². The summed E-state index contributed by atoms with van der Waals surface area (Å²) in [5.74, 6) is 0. The molecule has 1 aliphatic rings. The van der Waals surface area contributed by atoms with E-state index in [4.69, 9.17) is 11.6 Å². The van der Waals surface area contributed by atoms with Crippen molar-refractivity contribution in [3.63, 3.8) is 0 Å². The van der Waals surface area contributed by atoms with E-state index in [-0.39, 0.29) is 0 Å². The lowest BCUT2D eigenvalue weighted by molar-refractivity contribution is 0.150. The number of hydrogen-bond acceptors (Lipinski definition) is 2. The number of halogens is 1. The quantitative estimate of drug-likeness (QED) is 0.759. The van der Waals surface area contributed by atoms with Gasteiger partial charge >= 0.3 is 0 Å². The molecule has 3 heteroatoms. The van der Waals surface area contributed by atoms with E-state index < -0.39 is 5.60 Å². The first-order valence-electron chi connectivity index (χ1n) is 4.01. The lowest BCUT2D eigenvalue weighted by Crippen LogP contribution is -2.11. The Morgan fingerprint density at radius 1 is 1.50 bits per heavy atom. The van der Waals surface area contributed by atoms with Gasteiger partial charge in [0.25, 0.3) is 0 Å². The van der Waals surface area contributed by atoms with Crippen LogP contribution >= 0.6 is 11.6 Å². The zero-order chi connectivity index (χ0) is 8.60. The third-order valence-corrected chi connectivity index (χ3v) is 2.35. The molecule has 0 bridgehead atoms. The van der Waals surface area contributed by atoms with E-state index in [0.29, 0.717) is 11.4 Å². The second-order valence-corrected chi connectivity index (χ2v) is 3.81. The minimum Gasteiger partial charge on any atom is -0.389 e. The maximum Gasteiger partial charge on any atom is 0.0705 e. The molecule has 1 fully saturated rings. The molecule has 0 atom stereocenters. The van der Waals surface area contributed by atoms with Crippen molar-refractivity contribution in [1.82, 2.24) is 4.98 Å². The first-order chi connectivity index (χ1) is 5.68. The molecule has 1 aromatic rings. The van der Waals surface area contributed by atoms with Crippen LogP contribution in [0.2, 0.25) is 5.02 Å². The predicted molar refractivity (Wildman–Crippen MR) is 47.1 cm³/mol. The summed E-state index contributed by atoms with van der Waals surface area (Å²) in [5.41, 5.74) is 0.459. The van der Waals surface area contributed by atoms with E-state index in [1.54, 1.807) is 12.3 Å². The molecular weight excluding hydrogens is 174 g/mol. The van der Waals surface area contributed by atoms with Gasteiger partial charge in [0.15, 0.2) is 0 Å². The Kier molecular flexibility index (Phi) is 1.81. The highest BCUT2D eigenvalue weighted by Gasteiger charge is 2.40. The van der Waals surface area contributed by atoms with Crippen LogP contribution in [0.3, 0.4) is 0 Å². The van der Waals surface area contributed by atoms with Gasteiger partial charge in [0.05, 0.1) is 10.6 Å². The minimum absolute atomic E-state index is 0.458. The average Bonchev–Trinajstić information content (AvgIpc) is 2.74. The second kappa shape index (κ2) is 2.71. The first-order valence-corrected chi connectivity index (χ1v) is 4.39. The SMILES string of the molecule is OC1(Cc2ccc(Cl)cn2)CC1. The zero-order valence-electron chi connectivity index (χ0n) is 6.63. The molecule has 0 aliphatic heterocycles. The molecule has 0 spiro atoms. The van der Waals surface area contributed by atoms with Crippen LogP contribution < -0.4 is 0 Å². The fourth-order valence-electron chi connectivity index (χ4n) is 1.17. The van der Waals surface area contributed by atoms with Crippen LogP contribution in [0.4, 0.5) is 0 Å². The Labute approximate surface area is 76.2 Å². The van der Waals surface area contributed by atoms with E-state index in [2.05, 4.69) is 4.98 Å². The van der Waals surface area contributed by atoms with Crippen LogP contribution in [0.1, 0.15) is 18.5 Å². The summed E-state index contributed by atoms with van der Waals surface area (Å²) in [6, 6.07) is 3.66. The molecule has 1 N–H and O–H groups in total. The number of hydrogen-bond donors (Lipinski definition) is 1. The van der Waals surface area contributed by atoms with Crippen molar-refractivity contribution >= 4 is 11.6 Å². The van der Waals surface area contributed by atoms with Gasteiger partial charge in [-0.25, -0.2) is 0 Å².